The molecule has 0 fully saturated rings. The quantitative estimate of drug-likeness (QED) is 0.151. The molecular weight excluding hydrogens is 420 g/mol. The van der Waals surface area contributed by atoms with Gasteiger partial charge in [0.2, 0.25) is 0 Å². The Morgan fingerprint density at radius 3 is 2.33 bits per heavy atom. The molecule has 0 bridgehead atoms. The number of nitrogens with zero attached hydrogens (tertiary/aromatic N) is 2. The number of rotatable bonds is 6. The van der Waals surface area contributed by atoms with Gasteiger partial charge in [-0.25, -0.2) is 4.98 Å². The van der Waals surface area contributed by atoms with Gasteiger partial charge in [-0.2, -0.15) is 0 Å². The minimum Gasteiger partial charge on any atom is -0.293 e. The molecule has 0 saturated carbocycles. The molecule has 0 saturated heterocycles. The van der Waals surface area contributed by atoms with E-state index in [1.807, 2.05) is 36.4 Å². The first kappa shape index (κ1) is 20.1. The van der Waals surface area contributed by atoms with Crippen LogP contribution in [0.2, 0.25) is 5.02 Å². The summed E-state index contributed by atoms with van der Waals surface area (Å²) in [5, 5.41) is 13.4. The predicted molar refractivity (Wildman–Crippen MR) is 120 cm³/mol. The fraction of sp³-hybridized carbons (Fsp3) is 0.0435. The molecule has 0 spiro atoms. The van der Waals surface area contributed by atoms with Crippen LogP contribution < -0.4 is 0 Å². The molecule has 0 aliphatic rings. The van der Waals surface area contributed by atoms with Crippen molar-refractivity contribution in [2.75, 3.05) is 5.75 Å². The van der Waals surface area contributed by atoms with Crippen LogP contribution in [0.1, 0.15) is 10.4 Å². The van der Waals surface area contributed by atoms with Gasteiger partial charge in [0.05, 0.1) is 21.8 Å². The van der Waals surface area contributed by atoms with Gasteiger partial charge in [0.25, 0.3) is 0 Å². The lowest BCUT2D eigenvalue weighted by Crippen LogP contribution is -2.04. The van der Waals surface area contributed by atoms with Crippen LogP contribution in [-0.2, 0) is 0 Å². The van der Waals surface area contributed by atoms with Gasteiger partial charge >= 0.3 is 5.69 Å². The first-order valence-electron chi connectivity index (χ1n) is 9.08. The lowest BCUT2D eigenvalue weighted by atomic mass is 10.00. The molecule has 30 heavy (non-hydrogen) atoms. The van der Waals surface area contributed by atoms with E-state index in [1.54, 1.807) is 42.5 Å². The summed E-state index contributed by atoms with van der Waals surface area (Å²) in [4.78, 5) is 28.7. The van der Waals surface area contributed by atoms with Crippen molar-refractivity contribution in [2.24, 2.45) is 0 Å². The summed E-state index contributed by atoms with van der Waals surface area (Å²) in [6.07, 6.45) is 0. The molecule has 3 aromatic carbocycles. The Balaban J connectivity index is 1.85. The van der Waals surface area contributed by atoms with E-state index in [4.69, 9.17) is 11.6 Å². The molecule has 148 valence electrons. The van der Waals surface area contributed by atoms with Crippen LogP contribution >= 0.6 is 23.4 Å². The van der Waals surface area contributed by atoms with E-state index in [-0.39, 0.29) is 22.2 Å². The van der Waals surface area contributed by atoms with Crippen LogP contribution in [-0.4, -0.2) is 21.4 Å². The normalized spacial score (nSPS) is 10.8. The molecule has 4 rings (SSSR count). The highest BCUT2D eigenvalue weighted by Gasteiger charge is 2.27. The van der Waals surface area contributed by atoms with Gasteiger partial charge in [0, 0.05) is 16.0 Å². The summed E-state index contributed by atoms with van der Waals surface area (Å²) >= 11 is 7.24. The largest absolute Gasteiger partial charge is 0.309 e. The van der Waals surface area contributed by atoms with Crippen molar-refractivity contribution in [3.8, 4) is 11.1 Å². The predicted octanol–water partition coefficient (Wildman–Crippen LogP) is 6.44. The molecule has 0 aliphatic heterocycles. The molecule has 5 nitrogen and oxygen atoms in total. The Labute approximate surface area is 181 Å². The molecule has 0 N–H and O–H groups in total. The molecular formula is C23H15ClN2O3S. The lowest BCUT2D eigenvalue weighted by Gasteiger charge is -2.12. The number of carbonyl (C=O) groups excluding carboxylic acids is 1. The molecule has 0 amide bonds. The van der Waals surface area contributed by atoms with Gasteiger partial charge in [-0.1, -0.05) is 84.0 Å². The maximum atomic E-state index is 12.5. The van der Waals surface area contributed by atoms with Gasteiger partial charge in [0.15, 0.2) is 10.8 Å². The van der Waals surface area contributed by atoms with E-state index >= 15 is 0 Å². The highest BCUT2D eigenvalue weighted by molar-refractivity contribution is 8.00. The van der Waals surface area contributed by atoms with Crippen LogP contribution in [0.25, 0.3) is 22.0 Å². The number of halogens is 1. The standard InChI is InChI=1S/C23H15ClN2O3S/c24-17-11-12-19-18(13-17)21(16-9-5-2-6-10-16)22(26(28)29)23(25-19)30-14-20(27)15-7-3-1-4-8-15/h1-13H,14H2. The number of aromatic nitrogens is 1. The molecule has 1 aromatic heterocycles. The summed E-state index contributed by atoms with van der Waals surface area (Å²) in [6.45, 7) is 0. The SMILES string of the molecule is O=C(CSc1nc2ccc(Cl)cc2c(-c2ccccc2)c1[N+](=O)[O-])c1ccccc1. The van der Waals surface area contributed by atoms with E-state index in [0.29, 0.717) is 32.6 Å². The third-order valence-corrected chi connectivity index (χ3v) is 5.77. The smallest absolute Gasteiger partial charge is 0.293 e. The maximum Gasteiger partial charge on any atom is 0.309 e. The Bertz CT molecular complexity index is 1250. The van der Waals surface area contributed by atoms with Crippen LogP contribution in [0, 0.1) is 10.1 Å². The van der Waals surface area contributed by atoms with Gasteiger partial charge in [-0.15, -0.1) is 0 Å². The van der Waals surface area contributed by atoms with Gasteiger partial charge < -0.3 is 0 Å². The van der Waals surface area contributed by atoms with Crippen molar-refractivity contribution < 1.29 is 9.72 Å². The van der Waals surface area contributed by atoms with Crippen molar-refractivity contribution in [2.45, 2.75) is 5.03 Å². The van der Waals surface area contributed by atoms with E-state index in [9.17, 15) is 14.9 Å². The van der Waals surface area contributed by atoms with Crippen LogP contribution in [0.3, 0.4) is 0 Å². The van der Waals surface area contributed by atoms with E-state index in [0.717, 1.165) is 11.8 Å². The van der Waals surface area contributed by atoms with Gasteiger partial charge in [-0.3, -0.25) is 14.9 Å². The Morgan fingerprint density at radius 1 is 1.00 bits per heavy atom. The number of hydrogen-bond donors (Lipinski definition) is 0. The second kappa shape index (κ2) is 8.65. The number of ketones is 1. The summed E-state index contributed by atoms with van der Waals surface area (Å²) in [7, 11) is 0. The Morgan fingerprint density at radius 2 is 1.67 bits per heavy atom. The third kappa shape index (κ3) is 4.06. The first-order valence-corrected chi connectivity index (χ1v) is 10.4. The molecule has 1 heterocycles. The van der Waals surface area contributed by atoms with Gasteiger partial charge in [-0.05, 0) is 23.8 Å². The zero-order valence-electron chi connectivity index (χ0n) is 15.6. The summed E-state index contributed by atoms with van der Waals surface area (Å²) in [5.74, 6) is -0.0697. The summed E-state index contributed by atoms with van der Waals surface area (Å²) in [5.41, 5.74) is 2.15. The second-order valence-electron chi connectivity index (χ2n) is 6.50. The maximum absolute atomic E-state index is 12.5. The summed E-state index contributed by atoms with van der Waals surface area (Å²) in [6, 6.07) is 23.1. The number of carbonyl (C=O) groups is 1. The third-order valence-electron chi connectivity index (χ3n) is 4.57. The fourth-order valence-electron chi connectivity index (χ4n) is 3.21. The average molecular weight is 435 g/mol. The van der Waals surface area contributed by atoms with Crippen molar-refractivity contribution in [1.82, 2.24) is 4.98 Å². The van der Waals surface area contributed by atoms with Gasteiger partial charge in [0.1, 0.15) is 0 Å². The first-order chi connectivity index (χ1) is 14.5. The number of hydrogen-bond acceptors (Lipinski definition) is 5. The van der Waals surface area contributed by atoms with Crippen LogP contribution in [0.5, 0.6) is 0 Å². The monoisotopic (exact) mass is 434 g/mol. The fourth-order valence-corrected chi connectivity index (χ4v) is 4.29. The minimum absolute atomic E-state index is 0.0468. The molecule has 0 radical (unpaired) electrons. The molecule has 0 atom stereocenters. The average Bonchev–Trinajstić information content (AvgIpc) is 2.77. The Kier molecular flexibility index (Phi) is 5.79. The highest BCUT2D eigenvalue weighted by Crippen LogP contribution is 2.42. The number of benzene rings is 3. The lowest BCUT2D eigenvalue weighted by molar-refractivity contribution is -0.387. The number of thioether (sulfide) groups is 1. The Hall–Kier alpha value is -3.22. The van der Waals surface area contributed by atoms with Crippen molar-refractivity contribution in [3.63, 3.8) is 0 Å². The molecule has 0 unspecified atom stereocenters. The molecule has 7 heteroatoms. The number of fused-ring (bicyclic) bond motifs is 1. The van der Waals surface area contributed by atoms with Crippen LogP contribution in [0.4, 0.5) is 5.69 Å². The molecule has 0 aliphatic carbocycles. The highest BCUT2D eigenvalue weighted by atomic mass is 35.5. The van der Waals surface area contributed by atoms with Crippen LogP contribution in [0.15, 0.2) is 83.9 Å². The zero-order valence-corrected chi connectivity index (χ0v) is 17.2. The number of Topliss-reactive ketones (excluding diaryl/α,β-unsaturated/α-hetero) is 1. The van der Waals surface area contributed by atoms with Crippen molar-refractivity contribution in [3.05, 3.63) is 99.6 Å². The second-order valence-corrected chi connectivity index (χ2v) is 7.90. The molecule has 4 aromatic rings. The van der Waals surface area contributed by atoms with E-state index < -0.39 is 4.92 Å². The van der Waals surface area contributed by atoms with E-state index in [2.05, 4.69) is 4.98 Å². The minimum atomic E-state index is -0.439. The number of pyridine rings is 1. The zero-order chi connectivity index (χ0) is 21.1. The number of nitro groups is 1. The topological polar surface area (TPSA) is 73.1 Å². The van der Waals surface area contributed by atoms with Crippen molar-refractivity contribution >= 4 is 45.7 Å². The van der Waals surface area contributed by atoms with Crippen molar-refractivity contribution in [1.29, 1.82) is 0 Å². The summed E-state index contributed by atoms with van der Waals surface area (Å²) < 4.78 is 0. The van der Waals surface area contributed by atoms with E-state index in [1.165, 1.54) is 0 Å².